The minimum absolute atomic E-state index is 0.167. The molecule has 0 radical (unpaired) electrons. The Balaban J connectivity index is 0.980. The first-order valence-corrected chi connectivity index (χ1v) is 19.2. The number of ether oxygens (including phenoxy) is 6. The zero-order chi connectivity index (χ0) is 38.4. The second-order valence-electron chi connectivity index (χ2n) is 16.2. The smallest absolute Gasteiger partial charge is 0.248 e. The van der Waals surface area contributed by atoms with E-state index in [1.165, 1.54) is 11.1 Å². The van der Waals surface area contributed by atoms with Crippen molar-refractivity contribution < 1.29 is 43.1 Å². The monoisotopic (exact) mass is 806 g/mol. The third kappa shape index (κ3) is 5.43. The van der Waals surface area contributed by atoms with E-state index in [9.17, 15) is 14.7 Å². The summed E-state index contributed by atoms with van der Waals surface area (Å²) in [6.07, 6.45) is -2.00. The van der Waals surface area contributed by atoms with Gasteiger partial charge in [0.15, 0.2) is 17.9 Å². The number of benzene rings is 2. The van der Waals surface area contributed by atoms with Gasteiger partial charge in [0.05, 0.1) is 37.5 Å². The van der Waals surface area contributed by atoms with Crippen LogP contribution in [0, 0.1) is 22.3 Å². The molecule has 288 valence electrons. The highest BCUT2D eigenvalue weighted by atomic mass is 79.9. The second kappa shape index (κ2) is 13.1. The first kappa shape index (κ1) is 37.6. The van der Waals surface area contributed by atoms with Crippen LogP contribution in [0.5, 0.6) is 0 Å². The van der Waals surface area contributed by atoms with Gasteiger partial charge in [0.2, 0.25) is 11.8 Å². The fourth-order valence-corrected chi connectivity index (χ4v) is 11.2. The zero-order valence-electron chi connectivity index (χ0n) is 31.2. The van der Waals surface area contributed by atoms with Crippen molar-refractivity contribution in [3.63, 3.8) is 0 Å². The molecule has 2 aromatic carbocycles. The van der Waals surface area contributed by atoms with E-state index in [0.29, 0.717) is 13.2 Å². The molecule has 4 aliphatic heterocycles. The molecule has 10 atom stereocenters. The van der Waals surface area contributed by atoms with E-state index in [-0.39, 0.29) is 25.0 Å². The number of rotatable bonds is 10. The number of hydrogen-bond donors (Lipinski definition) is 3. The number of imide groups is 1. The van der Waals surface area contributed by atoms with Crippen LogP contribution in [0.25, 0.3) is 11.1 Å². The summed E-state index contributed by atoms with van der Waals surface area (Å²) in [5.41, 5.74) is 9.25. The van der Waals surface area contributed by atoms with Gasteiger partial charge in [0.25, 0.3) is 0 Å². The maximum atomic E-state index is 14.6. The predicted octanol–water partition coefficient (Wildman–Crippen LogP) is 4.99. The third-order valence-corrected chi connectivity index (χ3v) is 13.7. The molecule has 4 saturated heterocycles. The molecule has 2 aromatic rings. The topological polar surface area (TPSA) is 161 Å². The maximum Gasteiger partial charge on any atom is 0.248 e. The lowest BCUT2D eigenvalue weighted by atomic mass is 9.63. The maximum absolute atomic E-state index is 14.6. The third-order valence-electron chi connectivity index (χ3n) is 12.1. The van der Waals surface area contributed by atoms with Crippen LogP contribution in [0.1, 0.15) is 52.7 Å². The fourth-order valence-electron chi connectivity index (χ4n) is 9.86. The van der Waals surface area contributed by atoms with Gasteiger partial charge in [-0.3, -0.25) is 14.5 Å². The highest BCUT2D eigenvalue weighted by Crippen LogP contribution is 2.79. The molecule has 2 amide bonds. The molecule has 2 bridgehead atoms. The molecule has 2 aliphatic carbocycles. The number of fused-ring (bicyclic) bond motifs is 8. The van der Waals surface area contributed by atoms with Crippen molar-refractivity contribution in [2.45, 2.75) is 94.3 Å². The Labute approximate surface area is 323 Å². The number of alkyl halides is 1. The SMILES string of the molecule is CC1(C)OCC2OC(OCCN/C=C(/CN3C(=O)C4C5(C)C(c6ccccc6)=C(c6ccccc6)C(C)(C5O)C4(Br)C3=O)N=N)C3OC(C)(C)OC3C2O1. The molecular formula is C40H47BrN4O9. The summed E-state index contributed by atoms with van der Waals surface area (Å²) in [7, 11) is 0. The fraction of sp³-hybridized carbons (Fsp3) is 0.550. The van der Waals surface area contributed by atoms with Crippen LogP contribution in [-0.4, -0.2) is 101 Å². The van der Waals surface area contributed by atoms with E-state index in [0.717, 1.165) is 22.3 Å². The lowest BCUT2D eigenvalue weighted by molar-refractivity contribution is -0.370. The number of aliphatic hydroxyl groups is 1. The first-order chi connectivity index (χ1) is 25.6. The summed E-state index contributed by atoms with van der Waals surface area (Å²) in [4.78, 5) is 30.3. The van der Waals surface area contributed by atoms with E-state index in [1.54, 1.807) is 0 Å². The molecule has 14 heteroatoms. The predicted molar refractivity (Wildman–Crippen MR) is 198 cm³/mol. The Kier molecular flexibility index (Phi) is 9.13. The highest BCUT2D eigenvalue weighted by Gasteiger charge is 2.85. The van der Waals surface area contributed by atoms with Gasteiger partial charge in [0, 0.05) is 23.6 Å². The number of carbonyl (C=O) groups excluding carboxylic acids is 2. The van der Waals surface area contributed by atoms with Crippen LogP contribution >= 0.6 is 15.9 Å². The zero-order valence-corrected chi connectivity index (χ0v) is 32.8. The van der Waals surface area contributed by atoms with Crippen LogP contribution in [0.2, 0.25) is 0 Å². The molecule has 8 rings (SSSR count). The van der Waals surface area contributed by atoms with Crippen molar-refractivity contribution in [2.24, 2.45) is 21.9 Å². The number of halogens is 1. The minimum atomic E-state index is -1.44. The number of nitrogens with one attached hydrogen (secondary N) is 2. The molecule has 5 fully saturated rings. The van der Waals surface area contributed by atoms with Crippen molar-refractivity contribution in [2.75, 3.05) is 26.3 Å². The van der Waals surface area contributed by atoms with E-state index < -0.39 is 75.2 Å². The summed E-state index contributed by atoms with van der Waals surface area (Å²) in [6, 6.07) is 19.5. The molecule has 1 saturated carbocycles. The molecule has 0 spiro atoms. The lowest BCUT2D eigenvalue weighted by Crippen LogP contribution is -2.64. The van der Waals surface area contributed by atoms with Crippen molar-refractivity contribution in [1.29, 1.82) is 5.53 Å². The molecule has 3 N–H and O–H groups in total. The second-order valence-corrected chi connectivity index (χ2v) is 17.5. The number of nitrogens with zero attached hydrogens (tertiary/aromatic N) is 2. The summed E-state index contributed by atoms with van der Waals surface area (Å²) in [6.45, 7) is 11.8. The van der Waals surface area contributed by atoms with Gasteiger partial charge < -0.3 is 38.8 Å². The summed E-state index contributed by atoms with van der Waals surface area (Å²) < 4.78 is 35.3. The Morgan fingerprint density at radius 3 is 2.20 bits per heavy atom. The van der Waals surface area contributed by atoms with E-state index >= 15 is 0 Å². The van der Waals surface area contributed by atoms with Crippen molar-refractivity contribution in [3.05, 3.63) is 83.7 Å². The van der Waals surface area contributed by atoms with Crippen LogP contribution < -0.4 is 5.32 Å². The van der Waals surface area contributed by atoms with Crippen LogP contribution in [0.15, 0.2) is 77.7 Å². The number of carbonyl (C=O) groups is 2. The van der Waals surface area contributed by atoms with Gasteiger partial charge in [-0.25, -0.2) is 5.53 Å². The Hall–Kier alpha value is -3.34. The van der Waals surface area contributed by atoms with Crippen LogP contribution in [0.4, 0.5) is 0 Å². The highest BCUT2D eigenvalue weighted by molar-refractivity contribution is 9.10. The molecular weight excluding hydrogens is 760 g/mol. The van der Waals surface area contributed by atoms with Crippen LogP contribution in [0.3, 0.4) is 0 Å². The Bertz CT molecular complexity index is 1910. The summed E-state index contributed by atoms with van der Waals surface area (Å²) in [5.74, 6) is -3.44. The van der Waals surface area contributed by atoms with Gasteiger partial charge in [-0.1, -0.05) is 90.4 Å². The van der Waals surface area contributed by atoms with E-state index in [4.69, 9.17) is 34.0 Å². The van der Waals surface area contributed by atoms with Crippen LogP contribution in [-0.2, 0) is 38.0 Å². The van der Waals surface area contributed by atoms with E-state index in [2.05, 4.69) is 26.4 Å². The minimum Gasteiger partial charge on any atom is -0.391 e. The summed E-state index contributed by atoms with van der Waals surface area (Å²) in [5, 5.41) is 19.0. The van der Waals surface area contributed by atoms with Gasteiger partial charge in [-0.2, -0.15) is 5.11 Å². The number of likely N-dealkylation sites (tertiary alicyclic amines) is 1. The summed E-state index contributed by atoms with van der Waals surface area (Å²) >= 11 is 3.84. The normalized spacial score (nSPS) is 39.1. The molecule has 13 nitrogen and oxygen atoms in total. The number of amides is 2. The lowest BCUT2D eigenvalue weighted by Gasteiger charge is -2.48. The van der Waals surface area contributed by atoms with Gasteiger partial charge in [0.1, 0.15) is 28.7 Å². The first-order valence-electron chi connectivity index (χ1n) is 18.4. The van der Waals surface area contributed by atoms with Gasteiger partial charge >= 0.3 is 0 Å². The van der Waals surface area contributed by atoms with Crippen molar-refractivity contribution in [1.82, 2.24) is 10.2 Å². The molecule has 6 aliphatic rings. The molecule has 4 heterocycles. The van der Waals surface area contributed by atoms with Crippen molar-refractivity contribution in [3.8, 4) is 0 Å². The standard InChI is InChI=1S/C40H47BrN4O9/c1-36(2)50-21-25-28(52-36)29-30(54-37(3,4)53-29)33(51-25)49-18-17-43-19-24(44-42)20-45-32(46)31-38(5)26(22-13-9-7-10-14-22)27(23-15-11-8-12-16-23)39(6,34(38)47)40(31,41)35(45)48/h7-16,19,25,28-31,33-34,42-43,47H,17-18,20-21H2,1-6H3/b24-19-,44-42?. The number of hydrogen-bond acceptors (Lipinski definition) is 12. The van der Waals surface area contributed by atoms with Crippen molar-refractivity contribution >= 4 is 38.9 Å². The quantitative estimate of drug-likeness (QED) is 0.129. The average Bonchev–Trinajstić information content (AvgIpc) is 3.69. The van der Waals surface area contributed by atoms with Gasteiger partial charge in [-0.15, -0.1) is 0 Å². The molecule has 54 heavy (non-hydrogen) atoms. The Morgan fingerprint density at radius 1 is 0.944 bits per heavy atom. The molecule has 10 unspecified atom stereocenters. The largest absolute Gasteiger partial charge is 0.391 e. The molecule has 0 aromatic heterocycles. The number of aliphatic hydroxyl groups excluding tert-OH is 1. The Morgan fingerprint density at radius 2 is 1.56 bits per heavy atom. The van der Waals surface area contributed by atoms with E-state index in [1.807, 2.05) is 102 Å². The average molecular weight is 808 g/mol. The van der Waals surface area contributed by atoms with Gasteiger partial charge in [-0.05, 0) is 50.0 Å².